The Labute approximate surface area is 222 Å². The number of rotatable bonds is 6. The number of nitrogens with zero attached hydrogens (tertiary/aromatic N) is 4. The Morgan fingerprint density at radius 3 is 2.41 bits per heavy atom. The largest absolute Gasteiger partial charge is 0.357 e. The van der Waals surface area contributed by atoms with Crippen molar-refractivity contribution in [1.29, 1.82) is 0 Å². The molecule has 2 aliphatic rings. The van der Waals surface area contributed by atoms with Gasteiger partial charge < -0.3 is 15.5 Å². The van der Waals surface area contributed by atoms with Crippen LogP contribution >= 0.6 is 24.0 Å². The van der Waals surface area contributed by atoms with Crippen LogP contribution in [0.25, 0.3) is 0 Å². The number of aliphatic imine (C=N–C) groups is 1. The molecule has 2 N–H and O–H groups in total. The lowest BCUT2D eigenvalue weighted by Crippen LogP contribution is -2.51. The first kappa shape index (κ1) is 26.7. The van der Waals surface area contributed by atoms with E-state index in [9.17, 15) is 0 Å². The number of pyridine rings is 1. The predicted octanol–water partition coefficient (Wildman–Crippen LogP) is 4.80. The van der Waals surface area contributed by atoms with Crippen LogP contribution in [0.5, 0.6) is 0 Å². The van der Waals surface area contributed by atoms with Gasteiger partial charge in [-0.25, -0.2) is 4.98 Å². The van der Waals surface area contributed by atoms with E-state index < -0.39 is 0 Å². The molecule has 34 heavy (non-hydrogen) atoms. The fraction of sp³-hybridized carbons (Fsp3) is 0.556. The molecule has 0 spiro atoms. The number of likely N-dealkylation sites (tertiary alicyclic amines) is 1. The Bertz CT molecular complexity index is 864. The number of nitrogens with one attached hydrogen (secondary N) is 2. The van der Waals surface area contributed by atoms with Crippen LogP contribution in [0.2, 0.25) is 0 Å². The van der Waals surface area contributed by atoms with E-state index in [0.717, 1.165) is 57.3 Å². The Morgan fingerprint density at radius 2 is 1.76 bits per heavy atom. The normalized spacial score (nSPS) is 21.9. The van der Waals surface area contributed by atoms with E-state index in [1.165, 1.54) is 36.8 Å². The van der Waals surface area contributed by atoms with Gasteiger partial charge in [-0.1, -0.05) is 49.2 Å². The minimum absolute atomic E-state index is 0. The fourth-order valence-electron chi connectivity index (χ4n) is 4.99. The standard InChI is InChI=1S/C27H40N6.HI/c1-22-18-25(14-17-33(22)21-23-10-6-5-7-11-23)31-27(28-2)30-20-24-12-13-26(29-19-24)32-15-8-3-4-9-16-32;/h5-7,10-13,19,22,25H,3-4,8-9,14-18,20-21H2,1-2H3,(H2,28,30,31);1H. The molecule has 0 saturated carbocycles. The topological polar surface area (TPSA) is 55.8 Å². The lowest BCUT2D eigenvalue weighted by Gasteiger charge is -2.38. The Hall–Kier alpha value is -1.87. The number of hydrogen-bond acceptors (Lipinski definition) is 4. The molecule has 1 aromatic carbocycles. The Morgan fingerprint density at radius 1 is 1.00 bits per heavy atom. The zero-order valence-electron chi connectivity index (χ0n) is 20.7. The monoisotopic (exact) mass is 576 g/mol. The number of halogens is 1. The number of piperidine rings is 1. The molecule has 186 valence electrons. The van der Waals surface area contributed by atoms with Crippen molar-refractivity contribution in [2.45, 2.75) is 70.6 Å². The summed E-state index contributed by atoms with van der Waals surface area (Å²) in [6.07, 6.45) is 9.49. The summed E-state index contributed by atoms with van der Waals surface area (Å²) in [6.45, 7) is 7.46. The lowest BCUT2D eigenvalue weighted by atomic mass is 9.97. The molecule has 3 heterocycles. The van der Waals surface area contributed by atoms with Gasteiger partial charge in [-0.2, -0.15) is 0 Å². The molecule has 0 radical (unpaired) electrons. The molecule has 2 atom stereocenters. The lowest BCUT2D eigenvalue weighted by molar-refractivity contribution is 0.134. The summed E-state index contributed by atoms with van der Waals surface area (Å²) in [5, 5.41) is 7.12. The maximum Gasteiger partial charge on any atom is 0.191 e. The van der Waals surface area contributed by atoms with Gasteiger partial charge in [0.25, 0.3) is 0 Å². The predicted molar refractivity (Wildman–Crippen MR) is 153 cm³/mol. The third kappa shape index (κ3) is 7.83. The van der Waals surface area contributed by atoms with Crippen LogP contribution in [-0.2, 0) is 13.1 Å². The Kier molecular flexibility index (Phi) is 10.9. The van der Waals surface area contributed by atoms with Crippen molar-refractivity contribution in [2.75, 3.05) is 31.6 Å². The Balaban J connectivity index is 0.00000324. The molecule has 2 aliphatic heterocycles. The fourth-order valence-corrected chi connectivity index (χ4v) is 4.99. The average molecular weight is 577 g/mol. The molecule has 4 rings (SSSR count). The van der Waals surface area contributed by atoms with Crippen molar-refractivity contribution in [3.05, 3.63) is 59.8 Å². The van der Waals surface area contributed by atoms with Crippen LogP contribution in [0.1, 0.15) is 56.6 Å². The van der Waals surface area contributed by atoms with Crippen molar-refractivity contribution in [1.82, 2.24) is 20.5 Å². The van der Waals surface area contributed by atoms with E-state index in [4.69, 9.17) is 4.98 Å². The summed E-state index contributed by atoms with van der Waals surface area (Å²) in [5.74, 6) is 1.99. The van der Waals surface area contributed by atoms with E-state index in [0.29, 0.717) is 12.1 Å². The van der Waals surface area contributed by atoms with Crippen molar-refractivity contribution < 1.29 is 0 Å². The molecule has 2 saturated heterocycles. The van der Waals surface area contributed by atoms with Crippen LogP contribution in [0.3, 0.4) is 0 Å². The maximum atomic E-state index is 4.74. The van der Waals surface area contributed by atoms with Gasteiger partial charge in [0.05, 0.1) is 0 Å². The van der Waals surface area contributed by atoms with E-state index in [-0.39, 0.29) is 24.0 Å². The number of hydrogen-bond donors (Lipinski definition) is 2. The smallest absolute Gasteiger partial charge is 0.191 e. The van der Waals surface area contributed by atoms with Gasteiger partial charge >= 0.3 is 0 Å². The minimum Gasteiger partial charge on any atom is -0.357 e. The van der Waals surface area contributed by atoms with Crippen LogP contribution in [0.15, 0.2) is 53.7 Å². The molecule has 2 aromatic rings. The molecule has 0 amide bonds. The first-order valence-electron chi connectivity index (χ1n) is 12.7. The molecule has 6 nitrogen and oxygen atoms in total. The summed E-state index contributed by atoms with van der Waals surface area (Å²) < 4.78 is 0. The average Bonchev–Trinajstić information content (AvgIpc) is 3.14. The second kappa shape index (κ2) is 13.9. The summed E-state index contributed by atoms with van der Waals surface area (Å²) in [6, 6.07) is 16.1. The molecule has 2 unspecified atom stereocenters. The zero-order chi connectivity index (χ0) is 22.9. The van der Waals surface area contributed by atoms with Crippen LogP contribution in [0.4, 0.5) is 5.82 Å². The highest BCUT2D eigenvalue weighted by atomic mass is 127. The number of guanidine groups is 1. The van der Waals surface area contributed by atoms with Crippen LogP contribution < -0.4 is 15.5 Å². The van der Waals surface area contributed by atoms with Gasteiger partial charge in [0.2, 0.25) is 0 Å². The molecule has 1 aromatic heterocycles. The highest BCUT2D eigenvalue weighted by molar-refractivity contribution is 14.0. The summed E-state index contributed by atoms with van der Waals surface area (Å²) >= 11 is 0. The van der Waals surface area contributed by atoms with E-state index in [1.54, 1.807) is 0 Å². The van der Waals surface area contributed by atoms with Gasteiger partial charge in [-0.05, 0) is 49.8 Å². The quantitative estimate of drug-likeness (QED) is 0.294. The van der Waals surface area contributed by atoms with E-state index in [1.807, 2.05) is 13.2 Å². The van der Waals surface area contributed by atoms with Gasteiger partial charge in [-0.15, -0.1) is 24.0 Å². The second-order valence-corrected chi connectivity index (χ2v) is 9.52. The number of benzene rings is 1. The third-order valence-electron chi connectivity index (χ3n) is 7.01. The van der Waals surface area contributed by atoms with Gasteiger partial charge in [0, 0.05) is 58.1 Å². The van der Waals surface area contributed by atoms with Crippen molar-refractivity contribution in [3.63, 3.8) is 0 Å². The molecular weight excluding hydrogens is 535 g/mol. The van der Waals surface area contributed by atoms with Crippen LogP contribution in [0, 0.1) is 0 Å². The summed E-state index contributed by atoms with van der Waals surface area (Å²) in [5.41, 5.74) is 2.58. The number of anilines is 1. The summed E-state index contributed by atoms with van der Waals surface area (Å²) in [4.78, 5) is 14.2. The zero-order valence-corrected chi connectivity index (χ0v) is 23.1. The van der Waals surface area contributed by atoms with Crippen molar-refractivity contribution in [2.24, 2.45) is 4.99 Å². The molecule has 0 bridgehead atoms. The highest BCUT2D eigenvalue weighted by Gasteiger charge is 2.26. The second-order valence-electron chi connectivity index (χ2n) is 9.52. The number of aromatic nitrogens is 1. The van der Waals surface area contributed by atoms with Gasteiger partial charge in [-0.3, -0.25) is 9.89 Å². The first-order chi connectivity index (χ1) is 16.2. The summed E-state index contributed by atoms with van der Waals surface area (Å²) in [7, 11) is 1.85. The van der Waals surface area contributed by atoms with E-state index >= 15 is 0 Å². The molecule has 2 fully saturated rings. The van der Waals surface area contributed by atoms with E-state index in [2.05, 4.69) is 74.8 Å². The third-order valence-corrected chi connectivity index (χ3v) is 7.01. The molecule has 0 aliphatic carbocycles. The van der Waals surface area contributed by atoms with Crippen LogP contribution in [-0.4, -0.2) is 54.6 Å². The highest BCUT2D eigenvalue weighted by Crippen LogP contribution is 2.20. The molecule has 7 heteroatoms. The maximum absolute atomic E-state index is 4.74. The first-order valence-corrected chi connectivity index (χ1v) is 12.7. The van der Waals surface area contributed by atoms with Crippen molar-refractivity contribution in [3.8, 4) is 0 Å². The van der Waals surface area contributed by atoms with Crippen molar-refractivity contribution >= 4 is 35.8 Å². The van der Waals surface area contributed by atoms with Gasteiger partial charge in [0.1, 0.15) is 5.82 Å². The van der Waals surface area contributed by atoms with Gasteiger partial charge in [0.15, 0.2) is 5.96 Å². The molecular formula is C27H41IN6. The SMILES string of the molecule is CN=C(NCc1ccc(N2CCCCCC2)nc1)NC1CCN(Cc2ccccc2)C(C)C1.I. The minimum atomic E-state index is 0.